The van der Waals surface area contributed by atoms with E-state index in [0.717, 1.165) is 0 Å². The SMILES string of the molecule is COc1cc(C(=O)O)ccc1C(O)C(O)CN. The van der Waals surface area contributed by atoms with Crippen molar-refractivity contribution in [1.82, 2.24) is 0 Å². The Kier molecular flexibility index (Phi) is 4.45. The predicted octanol–water partition coefficient (Wildman–Crippen LogP) is -0.254. The number of carboxylic acid groups (broad SMARTS) is 1. The average molecular weight is 241 g/mol. The minimum Gasteiger partial charge on any atom is -0.496 e. The van der Waals surface area contributed by atoms with Crippen LogP contribution in [0.3, 0.4) is 0 Å². The number of benzene rings is 1. The van der Waals surface area contributed by atoms with Gasteiger partial charge in [-0.1, -0.05) is 6.07 Å². The number of ether oxygens (including phenoxy) is 1. The van der Waals surface area contributed by atoms with E-state index in [1.54, 1.807) is 0 Å². The lowest BCUT2D eigenvalue weighted by molar-refractivity contribution is 0.0229. The second-order valence-electron chi connectivity index (χ2n) is 3.51. The number of carboxylic acids is 1. The number of methoxy groups -OCH3 is 1. The summed E-state index contributed by atoms with van der Waals surface area (Å²) < 4.78 is 4.98. The van der Waals surface area contributed by atoms with Crippen molar-refractivity contribution < 1.29 is 24.9 Å². The van der Waals surface area contributed by atoms with Crippen LogP contribution in [-0.2, 0) is 0 Å². The number of nitrogens with two attached hydrogens (primary N) is 1. The first kappa shape index (κ1) is 13.4. The monoisotopic (exact) mass is 241 g/mol. The van der Waals surface area contributed by atoms with Gasteiger partial charge in [0.25, 0.3) is 0 Å². The van der Waals surface area contributed by atoms with Gasteiger partial charge in [-0.3, -0.25) is 0 Å². The molecule has 0 saturated heterocycles. The molecule has 0 aromatic heterocycles. The topological polar surface area (TPSA) is 113 Å². The van der Waals surface area contributed by atoms with Crippen LogP contribution in [0.25, 0.3) is 0 Å². The van der Waals surface area contributed by atoms with Gasteiger partial charge in [0.2, 0.25) is 0 Å². The van der Waals surface area contributed by atoms with Gasteiger partial charge in [0.15, 0.2) is 0 Å². The molecule has 0 aliphatic carbocycles. The standard InChI is InChI=1S/C11H15NO5/c1-17-9-4-6(11(15)16)2-3-7(9)10(14)8(13)5-12/h2-4,8,10,13-14H,5,12H2,1H3,(H,15,16). The summed E-state index contributed by atoms with van der Waals surface area (Å²) in [5, 5.41) is 28.0. The van der Waals surface area contributed by atoms with Crippen molar-refractivity contribution in [2.24, 2.45) is 5.73 Å². The largest absolute Gasteiger partial charge is 0.496 e. The molecule has 0 aliphatic rings. The highest BCUT2D eigenvalue weighted by molar-refractivity contribution is 5.88. The van der Waals surface area contributed by atoms with Crippen molar-refractivity contribution in [2.45, 2.75) is 12.2 Å². The summed E-state index contributed by atoms with van der Waals surface area (Å²) in [4.78, 5) is 10.8. The van der Waals surface area contributed by atoms with Crippen LogP contribution in [0.15, 0.2) is 18.2 Å². The highest BCUT2D eigenvalue weighted by atomic mass is 16.5. The molecule has 6 nitrogen and oxygen atoms in total. The first-order valence-electron chi connectivity index (χ1n) is 4.98. The third kappa shape index (κ3) is 2.94. The Morgan fingerprint density at radius 1 is 1.47 bits per heavy atom. The van der Waals surface area contributed by atoms with Gasteiger partial charge in [-0.2, -0.15) is 0 Å². The molecule has 0 heterocycles. The maximum atomic E-state index is 10.8. The Morgan fingerprint density at radius 3 is 2.59 bits per heavy atom. The molecule has 0 radical (unpaired) electrons. The second-order valence-corrected chi connectivity index (χ2v) is 3.51. The van der Waals surface area contributed by atoms with E-state index in [9.17, 15) is 15.0 Å². The summed E-state index contributed by atoms with van der Waals surface area (Å²) in [5.41, 5.74) is 5.58. The van der Waals surface area contributed by atoms with Gasteiger partial charge in [-0.15, -0.1) is 0 Å². The van der Waals surface area contributed by atoms with Crippen LogP contribution >= 0.6 is 0 Å². The molecule has 0 spiro atoms. The predicted molar refractivity (Wildman–Crippen MR) is 60.0 cm³/mol. The van der Waals surface area contributed by atoms with E-state index < -0.39 is 18.2 Å². The van der Waals surface area contributed by atoms with Crippen molar-refractivity contribution in [1.29, 1.82) is 0 Å². The summed E-state index contributed by atoms with van der Waals surface area (Å²) in [5.74, 6) is -0.895. The summed E-state index contributed by atoms with van der Waals surface area (Å²) in [7, 11) is 1.35. The first-order chi connectivity index (χ1) is 8.01. The van der Waals surface area contributed by atoms with E-state index in [1.165, 1.54) is 25.3 Å². The van der Waals surface area contributed by atoms with Gasteiger partial charge < -0.3 is 25.8 Å². The zero-order valence-corrected chi connectivity index (χ0v) is 9.33. The number of hydrogen-bond donors (Lipinski definition) is 4. The Hall–Kier alpha value is -1.63. The van der Waals surface area contributed by atoms with Crippen molar-refractivity contribution in [2.75, 3.05) is 13.7 Å². The smallest absolute Gasteiger partial charge is 0.335 e. The number of aliphatic hydroxyl groups excluding tert-OH is 2. The van der Waals surface area contributed by atoms with Crippen LogP contribution in [0, 0.1) is 0 Å². The van der Waals surface area contributed by atoms with Crippen LogP contribution in [0.4, 0.5) is 0 Å². The van der Waals surface area contributed by atoms with Crippen molar-refractivity contribution in [3.63, 3.8) is 0 Å². The van der Waals surface area contributed by atoms with E-state index in [-0.39, 0.29) is 17.9 Å². The van der Waals surface area contributed by atoms with Gasteiger partial charge in [0, 0.05) is 12.1 Å². The summed E-state index contributed by atoms with van der Waals surface area (Å²) in [6, 6.07) is 4.00. The quantitative estimate of drug-likeness (QED) is 0.565. The lowest BCUT2D eigenvalue weighted by Crippen LogP contribution is -2.27. The first-order valence-corrected chi connectivity index (χ1v) is 4.98. The van der Waals surface area contributed by atoms with Crippen LogP contribution in [0.2, 0.25) is 0 Å². The average Bonchev–Trinajstić information content (AvgIpc) is 2.35. The molecule has 2 atom stereocenters. The second kappa shape index (κ2) is 5.62. The van der Waals surface area contributed by atoms with Gasteiger partial charge in [-0.05, 0) is 12.1 Å². The molecule has 1 rings (SSSR count). The summed E-state index contributed by atoms with van der Waals surface area (Å²) in [6.45, 7) is -0.106. The molecule has 0 fully saturated rings. The Morgan fingerprint density at radius 2 is 2.12 bits per heavy atom. The highest BCUT2D eigenvalue weighted by Gasteiger charge is 2.21. The lowest BCUT2D eigenvalue weighted by Gasteiger charge is -2.19. The van der Waals surface area contributed by atoms with Crippen molar-refractivity contribution in [3.05, 3.63) is 29.3 Å². The van der Waals surface area contributed by atoms with Crippen LogP contribution in [-0.4, -0.2) is 41.0 Å². The molecule has 0 aliphatic heterocycles. The molecular weight excluding hydrogens is 226 g/mol. The molecule has 1 aromatic rings. The van der Waals surface area contributed by atoms with Gasteiger partial charge in [0.05, 0.1) is 18.8 Å². The highest BCUT2D eigenvalue weighted by Crippen LogP contribution is 2.28. The number of aromatic carboxylic acids is 1. The molecule has 6 heteroatoms. The van der Waals surface area contributed by atoms with Crippen molar-refractivity contribution >= 4 is 5.97 Å². The Labute approximate surface area is 98.3 Å². The van der Waals surface area contributed by atoms with Gasteiger partial charge in [0.1, 0.15) is 11.9 Å². The van der Waals surface area contributed by atoms with E-state index >= 15 is 0 Å². The summed E-state index contributed by atoms with van der Waals surface area (Å²) >= 11 is 0. The molecule has 94 valence electrons. The third-order valence-electron chi connectivity index (χ3n) is 2.41. The fourth-order valence-electron chi connectivity index (χ4n) is 1.42. The van der Waals surface area contributed by atoms with Crippen LogP contribution < -0.4 is 10.5 Å². The van der Waals surface area contributed by atoms with E-state index in [0.29, 0.717) is 5.56 Å². The molecule has 1 aromatic carbocycles. The number of hydrogen-bond acceptors (Lipinski definition) is 5. The van der Waals surface area contributed by atoms with Crippen LogP contribution in [0.1, 0.15) is 22.0 Å². The number of carbonyl (C=O) groups is 1. The van der Waals surface area contributed by atoms with Crippen molar-refractivity contribution in [3.8, 4) is 5.75 Å². The molecular formula is C11H15NO5. The molecule has 2 unspecified atom stereocenters. The van der Waals surface area contributed by atoms with Gasteiger partial charge >= 0.3 is 5.97 Å². The zero-order valence-electron chi connectivity index (χ0n) is 9.33. The zero-order chi connectivity index (χ0) is 13.0. The maximum Gasteiger partial charge on any atom is 0.335 e. The fraction of sp³-hybridized carbons (Fsp3) is 0.364. The molecule has 5 N–H and O–H groups in total. The van der Waals surface area contributed by atoms with E-state index in [1.807, 2.05) is 0 Å². The fourth-order valence-corrected chi connectivity index (χ4v) is 1.42. The van der Waals surface area contributed by atoms with E-state index in [2.05, 4.69) is 0 Å². The number of rotatable bonds is 5. The van der Waals surface area contributed by atoms with E-state index in [4.69, 9.17) is 15.6 Å². The summed E-state index contributed by atoms with van der Waals surface area (Å²) in [6.07, 6.45) is -2.34. The normalized spacial score (nSPS) is 14.1. The Bertz CT molecular complexity index is 407. The molecule has 0 bridgehead atoms. The molecule has 17 heavy (non-hydrogen) atoms. The molecule has 0 saturated carbocycles. The van der Waals surface area contributed by atoms with Gasteiger partial charge in [-0.25, -0.2) is 4.79 Å². The maximum absolute atomic E-state index is 10.8. The number of aliphatic hydroxyl groups is 2. The van der Waals surface area contributed by atoms with Crippen LogP contribution in [0.5, 0.6) is 5.75 Å². The third-order valence-corrected chi connectivity index (χ3v) is 2.41. The lowest BCUT2D eigenvalue weighted by atomic mass is 10.0. The minimum atomic E-state index is -1.21. The minimum absolute atomic E-state index is 0.0417. The Balaban J connectivity index is 3.12. The molecule has 0 amide bonds.